The van der Waals surface area contributed by atoms with Crippen LogP contribution < -0.4 is 5.73 Å². The molecule has 1 heterocycles. The largest absolute Gasteiger partial charge is 0.339 e. The molecule has 0 aromatic carbocycles. The Labute approximate surface area is 94.3 Å². The first-order valence-electron chi connectivity index (χ1n) is 5.14. The van der Waals surface area contributed by atoms with Gasteiger partial charge < -0.3 is 10.6 Å². The Morgan fingerprint density at radius 3 is 2.88 bits per heavy atom. The summed E-state index contributed by atoms with van der Waals surface area (Å²) < 4.78 is 12.9. The summed E-state index contributed by atoms with van der Waals surface area (Å²) in [5.74, 6) is -0.751. The second kappa shape index (κ2) is 5.55. The first-order chi connectivity index (χ1) is 7.56. The van der Waals surface area contributed by atoms with Crippen molar-refractivity contribution in [3.63, 3.8) is 0 Å². The summed E-state index contributed by atoms with van der Waals surface area (Å²) in [5.41, 5.74) is 5.68. The molecule has 0 aliphatic carbocycles. The average Bonchev–Trinajstić information content (AvgIpc) is 2.27. The molecule has 0 aliphatic rings. The van der Waals surface area contributed by atoms with Gasteiger partial charge in [0.05, 0.1) is 11.8 Å². The zero-order valence-corrected chi connectivity index (χ0v) is 9.48. The standard InChI is InChI=1S/C11H16FN3O/c1-8(3-4-13)15(2)11(16)9-5-10(12)7-14-6-9/h5-8H,3-4,13H2,1-2H3. The smallest absolute Gasteiger partial charge is 0.255 e. The second-order valence-electron chi connectivity index (χ2n) is 3.73. The van der Waals surface area contributed by atoms with Crippen LogP contribution in [0.25, 0.3) is 0 Å². The maximum atomic E-state index is 12.9. The van der Waals surface area contributed by atoms with Gasteiger partial charge in [-0.25, -0.2) is 4.39 Å². The van der Waals surface area contributed by atoms with E-state index in [1.54, 1.807) is 11.9 Å². The third-order valence-corrected chi connectivity index (χ3v) is 2.52. The summed E-state index contributed by atoms with van der Waals surface area (Å²) in [7, 11) is 1.67. The third kappa shape index (κ3) is 3.00. The molecule has 0 saturated heterocycles. The van der Waals surface area contributed by atoms with Crippen molar-refractivity contribution in [2.24, 2.45) is 5.73 Å². The van der Waals surface area contributed by atoms with E-state index in [1.165, 1.54) is 12.3 Å². The van der Waals surface area contributed by atoms with Gasteiger partial charge in [0.2, 0.25) is 0 Å². The summed E-state index contributed by atoms with van der Waals surface area (Å²) >= 11 is 0. The van der Waals surface area contributed by atoms with Gasteiger partial charge in [-0.05, 0) is 26.0 Å². The molecule has 0 spiro atoms. The summed E-state index contributed by atoms with van der Waals surface area (Å²) in [6.45, 7) is 2.41. The predicted molar refractivity (Wildman–Crippen MR) is 59.4 cm³/mol. The molecule has 0 fully saturated rings. The quantitative estimate of drug-likeness (QED) is 0.832. The molecule has 1 aromatic heterocycles. The fraction of sp³-hybridized carbons (Fsp3) is 0.455. The van der Waals surface area contributed by atoms with Crippen molar-refractivity contribution in [2.45, 2.75) is 19.4 Å². The predicted octanol–water partition coefficient (Wildman–Crippen LogP) is 1.03. The van der Waals surface area contributed by atoms with Crippen molar-refractivity contribution in [2.75, 3.05) is 13.6 Å². The molecule has 1 amide bonds. The highest BCUT2D eigenvalue weighted by Gasteiger charge is 2.17. The number of pyridine rings is 1. The van der Waals surface area contributed by atoms with Gasteiger partial charge in [0.1, 0.15) is 5.82 Å². The molecule has 1 unspecified atom stereocenters. The number of nitrogens with zero attached hydrogens (tertiary/aromatic N) is 2. The normalized spacial score (nSPS) is 12.2. The molecular weight excluding hydrogens is 209 g/mol. The van der Waals surface area contributed by atoms with Crippen LogP contribution in [0.5, 0.6) is 0 Å². The number of nitrogens with two attached hydrogens (primary N) is 1. The van der Waals surface area contributed by atoms with Crippen molar-refractivity contribution >= 4 is 5.91 Å². The van der Waals surface area contributed by atoms with Crippen LogP contribution in [-0.2, 0) is 0 Å². The number of aromatic nitrogens is 1. The molecule has 5 heteroatoms. The van der Waals surface area contributed by atoms with Crippen LogP contribution in [0, 0.1) is 5.82 Å². The lowest BCUT2D eigenvalue weighted by Crippen LogP contribution is -2.36. The van der Waals surface area contributed by atoms with Gasteiger partial charge in [-0.3, -0.25) is 9.78 Å². The molecule has 0 aliphatic heterocycles. The number of carbonyl (C=O) groups excluding carboxylic acids is 1. The number of hydrogen-bond donors (Lipinski definition) is 1. The number of carbonyl (C=O) groups is 1. The molecule has 1 atom stereocenters. The highest BCUT2D eigenvalue weighted by atomic mass is 19.1. The molecule has 0 saturated carbocycles. The lowest BCUT2D eigenvalue weighted by atomic mass is 10.1. The fourth-order valence-corrected chi connectivity index (χ4v) is 1.37. The van der Waals surface area contributed by atoms with Crippen LogP contribution in [0.3, 0.4) is 0 Å². The lowest BCUT2D eigenvalue weighted by molar-refractivity contribution is 0.0738. The van der Waals surface area contributed by atoms with Crippen LogP contribution in [-0.4, -0.2) is 35.4 Å². The van der Waals surface area contributed by atoms with Crippen molar-refractivity contribution in [3.05, 3.63) is 29.8 Å². The van der Waals surface area contributed by atoms with Gasteiger partial charge in [-0.1, -0.05) is 0 Å². The second-order valence-corrected chi connectivity index (χ2v) is 3.73. The molecule has 2 N–H and O–H groups in total. The SMILES string of the molecule is CC(CCN)N(C)C(=O)c1cncc(F)c1. The summed E-state index contributed by atoms with van der Waals surface area (Å²) in [5, 5.41) is 0. The van der Waals surface area contributed by atoms with Crippen LogP contribution in [0.15, 0.2) is 18.5 Å². The zero-order valence-electron chi connectivity index (χ0n) is 9.48. The highest BCUT2D eigenvalue weighted by molar-refractivity contribution is 5.93. The average molecular weight is 225 g/mol. The molecule has 0 radical (unpaired) electrons. The van der Waals surface area contributed by atoms with E-state index in [4.69, 9.17) is 5.73 Å². The molecule has 1 aromatic rings. The van der Waals surface area contributed by atoms with Gasteiger partial charge in [0.25, 0.3) is 5.91 Å². The van der Waals surface area contributed by atoms with E-state index in [2.05, 4.69) is 4.98 Å². The Morgan fingerprint density at radius 1 is 1.62 bits per heavy atom. The Hall–Kier alpha value is -1.49. The number of halogens is 1. The summed E-state index contributed by atoms with van der Waals surface area (Å²) in [6.07, 6.45) is 3.14. The van der Waals surface area contributed by atoms with Gasteiger partial charge in [0, 0.05) is 19.3 Å². The van der Waals surface area contributed by atoms with Crippen molar-refractivity contribution in [1.82, 2.24) is 9.88 Å². The topological polar surface area (TPSA) is 59.2 Å². The Balaban J connectivity index is 2.77. The van der Waals surface area contributed by atoms with E-state index in [0.717, 1.165) is 6.20 Å². The van der Waals surface area contributed by atoms with E-state index in [0.29, 0.717) is 13.0 Å². The maximum Gasteiger partial charge on any atom is 0.255 e. The lowest BCUT2D eigenvalue weighted by Gasteiger charge is -2.24. The van der Waals surface area contributed by atoms with E-state index in [-0.39, 0.29) is 17.5 Å². The van der Waals surface area contributed by atoms with Gasteiger partial charge >= 0.3 is 0 Å². The molecule has 88 valence electrons. The molecule has 16 heavy (non-hydrogen) atoms. The minimum atomic E-state index is -0.509. The number of amides is 1. The van der Waals surface area contributed by atoms with E-state index < -0.39 is 5.82 Å². The summed E-state index contributed by atoms with van der Waals surface area (Å²) in [6, 6.07) is 1.21. The van der Waals surface area contributed by atoms with E-state index in [9.17, 15) is 9.18 Å². The number of rotatable bonds is 4. The molecular formula is C11H16FN3O. The Morgan fingerprint density at radius 2 is 2.31 bits per heavy atom. The molecule has 1 rings (SSSR count). The molecule has 4 nitrogen and oxygen atoms in total. The first-order valence-corrected chi connectivity index (χ1v) is 5.14. The third-order valence-electron chi connectivity index (χ3n) is 2.52. The summed E-state index contributed by atoms with van der Waals surface area (Å²) in [4.78, 5) is 17.1. The van der Waals surface area contributed by atoms with Crippen molar-refractivity contribution in [1.29, 1.82) is 0 Å². The van der Waals surface area contributed by atoms with Gasteiger partial charge in [0.15, 0.2) is 0 Å². The Bertz CT molecular complexity index is 370. The van der Waals surface area contributed by atoms with Gasteiger partial charge in [-0.15, -0.1) is 0 Å². The first kappa shape index (κ1) is 12.6. The van der Waals surface area contributed by atoms with Crippen LogP contribution in [0.2, 0.25) is 0 Å². The van der Waals surface area contributed by atoms with E-state index in [1.807, 2.05) is 6.92 Å². The maximum absolute atomic E-state index is 12.9. The van der Waals surface area contributed by atoms with E-state index >= 15 is 0 Å². The van der Waals surface area contributed by atoms with Gasteiger partial charge in [-0.2, -0.15) is 0 Å². The molecule has 0 bridgehead atoms. The van der Waals surface area contributed by atoms with Crippen LogP contribution in [0.4, 0.5) is 4.39 Å². The monoisotopic (exact) mass is 225 g/mol. The fourth-order valence-electron chi connectivity index (χ4n) is 1.37. The highest BCUT2D eigenvalue weighted by Crippen LogP contribution is 2.08. The zero-order chi connectivity index (χ0) is 12.1. The Kier molecular flexibility index (Phi) is 4.37. The van der Waals surface area contributed by atoms with Crippen molar-refractivity contribution < 1.29 is 9.18 Å². The van der Waals surface area contributed by atoms with Crippen molar-refractivity contribution in [3.8, 4) is 0 Å². The minimum Gasteiger partial charge on any atom is -0.339 e. The van der Waals surface area contributed by atoms with Crippen LogP contribution in [0.1, 0.15) is 23.7 Å². The minimum absolute atomic E-state index is 0.0285. The number of hydrogen-bond acceptors (Lipinski definition) is 3. The van der Waals surface area contributed by atoms with Crippen LogP contribution >= 0.6 is 0 Å².